The van der Waals surface area contributed by atoms with Gasteiger partial charge in [0, 0.05) is 12.3 Å². The fourth-order valence-electron chi connectivity index (χ4n) is 2.21. The number of nitrogens with one attached hydrogen (secondary N) is 1. The number of halogens is 1. The maximum atomic E-state index is 5.79. The zero-order chi connectivity index (χ0) is 16.4. The largest absolute Gasteiger partial charge is 0.439 e. The summed E-state index contributed by atoms with van der Waals surface area (Å²) in [6.07, 6.45) is 9.74. The normalized spacial score (nSPS) is 13.8. The topological polar surface area (TPSA) is 72.8 Å². The van der Waals surface area contributed by atoms with Crippen LogP contribution in [0, 0.1) is 0 Å². The molecule has 1 N–H and O–H groups in total. The number of aromatic nitrogens is 4. The Hall–Kier alpha value is -2.51. The monoisotopic (exact) mass is 357 g/mol. The highest BCUT2D eigenvalue weighted by atomic mass is 35.5. The van der Waals surface area contributed by atoms with Gasteiger partial charge in [0.25, 0.3) is 0 Å². The molecule has 6 nitrogen and oxygen atoms in total. The van der Waals surface area contributed by atoms with Crippen LogP contribution in [0.3, 0.4) is 0 Å². The molecule has 3 aromatic rings. The Kier molecular flexibility index (Phi) is 4.10. The molecular weight excluding hydrogens is 346 g/mol. The Morgan fingerprint density at radius 1 is 1.12 bits per heavy atom. The lowest BCUT2D eigenvalue weighted by Crippen LogP contribution is -1.96. The van der Waals surface area contributed by atoms with Crippen LogP contribution in [-0.4, -0.2) is 19.9 Å². The van der Waals surface area contributed by atoms with Crippen LogP contribution in [0.15, 0.2) is 48.4 Å². The van der Waals surface area contributed by atoms with Gasteiger partial charge in [-0.25, -0.2) is 19.9 Å². The Labute approximate surface area is 146 Å². The third-order valence-electron chi connectivity index (χ3n) is 3.27. The Morgan fingerprint density at radius 2 is 2.08 bits per heavy atom. The second-order valence-corrected chi connectivity index (χ2v) is 6.33. The van der Waals surface area contributed by atoms with E-state index in [9.17, 15) is 0 Å². The average molecular weight is 358 g/mol. The average Bonchev–Trinajstić information content (AvgIpc) is 2.97. The Morgan fingerprint density at radius 3 is 2.92 bits per heavy atom. The van der Waals surface area contributed by atoms with Gasteiger partial charge in [0.1, 0.15) is 21.9 Å². The van der Waals surface area contributed by atoms with E-state index in [4.69, 9.17) is 16.3 Å². The van der Waals surface area contributed by atoms with Crippen LogP contribution in [0.2, 0.25) is 5.28 Å². The van der Waals surface area contributed by atoms with Crippen molar-refractivity contribution in [3.05, 3.63) is 53.7 Å². The van der Waals surface area contributed by atoms with Gasteiger partial charge in [0.05, 0.1) is 0 Å². The predicted molar refractivity (Wildman–Crippen MR) is 94.8 cm³/mol. The third-order valence-corrected chi connectivity index (χ3v) is 4.34. The first kappa shape index (κ1) is 15.0. The van der Waals surface area contributed by atoms with Gasteiger partial charge in [0.15, 0.2) is 5.13 Å². The first-order valence-corrected chi connectivity index (χ1v) is 8.53. The molecule has 1 aliphatic carbocycles. The second-order valence-electron chi connectivity index (χ2n) is 5.02. The number of hydrogen-bond acceptors (Lipinski definition) is 7. The molecule has 4 rings (SSSR count). The van der Waals surface area contributed by atoms with Gasteiger partial charge in [-0.1, -0.05) is 17.4 Å². The number of anilines is 2. The van der Waals surface area contributed by atoms with Gasteiger partial charge < -0.3 is 10.1 Å². The molecule has 0 aliphatic heterocycles. The summed E-state index contributed by atoms with van der Waals surface area (Å²) in [7, 11) is 0. The van der Waals surface area contributed by atoms with Crippen LogP contribution < -0.4 is 10.1 Å². The molecule has 0 unspecified atom stereocenters. The standard InChI is InChI=1S/C16H12ClN5OS/c17-15-18-9-8-12(20-15)21-16-19-11-6-7-13(22-14(11)24-16)23-10-4-2-1-3-5-10/h2,4-9H,1,3H2,(H,18,19,20,21). The molecule has 3 heterocycles. The summed E-state index contributed by atoms with van der Waals surface area (Å²) in [5.74, 6) is 1.97. The fraction of sp³-hybridized carbons (Fsp3) is 0.125. The Balaban J connectivity index is 1.56. The number of allylic oxidation sites excluding steroid dienone is 3. The minimum atomic E-state index is 0.184. The second kappa shape index (κ2) is 6.54. The van der Waals surface area contributed by atoms with Gasteiger partial charge >= 0.3 is 0 Å². The number of pyridine rings is 1. The highest BCUT2D eigenvalue weighted by molar-refractivity contribution is 7.21. The molecular formula is C16H12ClN5OS. The molecule has 3 aromatic heterocycles. The molecule has 8 heteroatoms. The van der Waals surface area contributed by atoms with Gasteiger partial charge in [0.2, 0.25) is 11.2 Å². The lowest BCUT2D eigenvalue weighted by Gasteiger charge is -2.07. The summed E-state index contributed by atoms with van der Waals surface area (Å²) in [6, 6.07) is 5.43. The molecule has 1 aliphatic rings. The maximum Gasteiger partial charge on any atom is 0.224 e. The highest BCUT2D eigenvalue weighted by Crippen LogP contribution is 2.29. The lowest BCUT2D eigenvalue weighted by atomic mass is 10.2. The van der Waals surface area contributed by atoms with Crippen molar-refractivity contribution in [3.8, 4) is 5.88 Å². The molecule has 0 saturated heterocycles. The molecule has 0 atom stereocenters. The molecule has 0 fully saturated rings. The van der Waals surface area contributed by atoms with E-state index in [0.717, 1.165) is 28.9 Å². The van der Waals surface area contributed by atoms with Crippen LogP contribution in [0.25, 0.3) is 10.3 Å². The van der Waals surface area contributed by atoms with Crippen molar-refractivity contribution in [1.29, 1.82) is 0 Å². The molecule has 0 amide bonds. The van der Waals surface area contributed by atoms with E-state index in [1.165, 1.54) is 11.3 Å². The SMILES string of the molecule is Clc1nccc(Nc2nc3ccc(OC4=CCCC=C4)nc3s2)n1. The van der Waals surface area contributed by atoms with Crippen molar-refractivity contribution in [2.24, 2.45) is 0 Å². The van der Waals surface area contributed by atoms with Gasteiger partial charge in [-0.15, -0.1) is 0 Å². The molecule has 0 aromatic carbocycles. The first-order chi connectivity index (χ1) is 11.8. The molecule has 0 bridgehead atoms. The summed E-state index contributed by atoms with van der Waals surface area (Å²) in [4.78, 5) is 17.7. The summed E-state index contributed by atoms with van der Waals surface area (Å²) in [6.45, 7) is 0. The predicted octanol–water partition coefficient (Wildman–Crippen LogP) is 4.49. The molecule has 24 heavy (non-hydrogen) atoms. The zero-order valence-corrected chi connectivity index (χ0v) is 14.0. The number of ether oxygens (including phenoxy) is 1. The number of thiazole rings is 1. The van der Waals surface area contributed by atoms with Crippen LogP contribution >= 0.6 is 22.9 Å². The van der Waals surface area contributed by atoms with Gasteiger partial charge in [-0.2, -0.15) is 0 Å². The van der Waals surface area contributed by atoms with Crippen molar-refractivity contribution in [2.45, 2.75) is 12.8 Å². The van der Waals surface area contributed by atoms with Crippen molar-refractivity contribution < 1.29 is 4.74 Å². The zero-order valence-electron chi connectivity index (χ0n) is 12.4. The molecule has 0 radical (unpaired) electrons. The van der Waals surface area contributed by atoms with Crippen LogP contribution in [0.4, 0.5) is 10.9 Å². The van der Waals surface area contributed by atoms with Gasteiger partial charge in [-0.3, -0.25) is 0 Å². The van der Waals surface area contributed by atoms with E-state index in [1.54, 1.807) is 12.3 Å². The number of fused-ring (bicyclic) bond motifs is 1. The highest BCUT2D eigenvalue weighted by Gasteiger charge is 2.09. The molecule has 120 valence electrons. The number of rotatable bonds is 4. The minimum Gasteiger partial charge on any atom is -0.439 e. The first-order valence-electron chi connectivity index (χ1n) is 7.34. The van der Waals surface area contributed by atoms with E-state index in [1.807, 2.05) is 18.2 Å². The number of hydrogen-bond donors (Lipinski definition) is 1. The summed E-state index contributed by atoms with van der Waals surface area (Å²) in [5, 5.41) is 3.97. The third kappa shape index (κ3) is 3.37. The van der Waals surface area contributed by atoms with Crippen molar-refractivity contribution >= 4 is 44.2 Å². The van der Waals surface area contributed by atoms with E-state index in [-0.39, 0.29) is 5.28 Å². The van der Waals surface area contributed by atoms with Gasteiger partial charge in [-0.05, 0) is 48.7 Å². The minimum absolute atomic E-state index is 0.184. The fourth-order valence-corrected chi connectivity index (χ4v) is 3.19. The molecule has 0 saturated carbocycles. The van der Waals surface area contributed by atoms with Crippen LogP contribution in [-0.2, 0) is 0 Å². The van der Waals surface area contributed by atoms with Crippen molar-refractivity contribution in [1.82, 2.24) is 19.9 Å². The summed E-state index contributed by atoms with van der Waals surface area (Å²) >= 11 is 7.20. The lowest BCUT2D eigenvalue weighted by molar-refractivity contribution is 0.424. The van der Waals surface area contributed by atoms with E-state index < -0.39 is 0 Å². The number of nitrogens with zero attached hydrogens (tertiary/aromatic N) is 4. The van der Waals surface area contributed by atoms with E-state index in [2.05, 4.69) is 37.4 Å². The van der Waals surface area contributed by atoms with Crippen molar-refractivity contribution in [3.63, 3.8) is 0 Å². The van der Waals surface area contributed by atoms with E-state index >= 15 is 0 Å². The smallest absolute Gasteiger partial charge is 0.224 e. The van der Waals surface area contributed by atoms with Crippen LogP contribution in [0.1, 0.15) is 12.8 Å². The Bertz CT molecular complexity index is 953. The van der Waals surface area contributed by atoms with E-state index in [0.29, 0.717) is 16.8 Å². The quantitative estimate of drug-likeness (QED) is 0.693. The summed E-state index contributed by atoms with van der Waals surface area (Å²) < 4.78 is 5.79. The van der Waals surface area contributed by atoms with Crippen molar-refractivity contribution in [2.75, 3.05) is 5.32 Å². The van der Waals surface area contributed by atoms with Crippen LogP contribution in [0.5, 0.6) is 5.88 Å². The summed E-state index contributed by atoms with van der Waals surface area (Å²) in [5.41, 5.74) is 0.795. The maximum absolute atomic E-state index is 5.79. The molecule has 0 spiro atoms.